The third-order valence-electron chi connectivity index (χ3n) is 7.78. The van der Waals surface area contributed by atoms with Crippen molar-refractivity contribution in [1.29, 1.82) is 0 Å². The number of pyridine rings is 1. The molecule has 6 aromatic rings. The van der Waals surface area contributed by atoms with Crippen LogP contribution in [0.4, 0.5) is 0 Å². The molecule has 158 valence electrons. The SMILES string of the molecule is c1ccc([P+]2(c3ccccc3)c3cc4ccccc4c4ccc5[n+](c34)C2c2ccccc2-5)cc1. The molecule has 8 rings (SSSR count). The van der Waals surface area contributed by atoms with Crippen LogP contribution in [-0.4, -0.2) is 0 Å². The molecule has 34 heavy (non-hydrogen) atoms. The van der Waals surface area contributed by atoms with E-state index in [2.05, 4.69) is 132 Å². The Morgan fingerprint density at radius 2 is 1.21 bits per heavy atom. The van der Waals surface area contributed by atoms with Gasteiger partial charge in [0.1, 0.15) is 10.6 Å². The number of rotatable bonds is 2. The molecule has 2 aliphatic heterocycles. The van der Waals surface area contributed by atoms with Crippen molar-refractivity contribution in [3.63, 3.8) is 0 Å². The Morgan fingerprint density at radius 1 is 0.559 bits per heavy atom. The molecule has 0 spiro atoms. The molecule has 0 N–H and O–H groups in total. The second-order valence-electron chi connectivity index (χ2n) is 9.32. The third-order valence-corrected chi connectivity index (χ3v) is 12.4. The number of aromatic nitrogens is 1. The molecule has 3 heterocycles. The Labute approximate surface area is 199 Å². The van der Waals surface area contributed by atoms with Gasteiger partial charge < -0.3 is 0 Å². The summed E-state index contributed by atoms with van der Waals surface area (Å²) in [6.07, 6.45) is 0. The minimum absolute atomic E-state index is 0.277. The number of nitrogens with zero attached hydrogens (tertiary/aromatic N) is 1. The summed E-state index contributed by atoms with van der Waals surface area (Å²) in [4.78, 5) is 0. The van der Waals surface area contributed by atoms with Crippen LogP contribution in [0.15, 0.2) is 127 Å². The van der Waals surface area contributed by atoms with Crippen molar-refractivity contribution in [2.75, 3.05) is 0 Å². The van der Waals surface area contributed by atoms with E-state index < -0.39 is 7.26 Å². The van der Waals surface area contributed by atoms with Gasteiger partial charge in [-0.2, -0.15) is 0 Å². The zero-order chi connectivity index (χ0) is 22.3. The molecule has 2 aliphatic rings. The van der Waals surface area contributed by atoms with Crippen molar-refractivity contribution in [3.05, 3.63) is 133 Å². The molecular formula is C32H22NP+2. The standard InChI is InChI=1S/C32H22NP/c1-3-12-23(13-4-1)34(24-14-5-2-6-15-24)30-21-22-11-7-8-16-25(22)27-19-20-29-26-17-9-10-18-28(26)32(34)33(29)31(27)30/h1-21,32H/q+2. The van der Waals surface area contributed by atoms with Gasteiger partial charge in [0.15, 0.2) is 12.6 Å². The molecule has 0 bridgehead atoms. The van der Waals surface area contributed by atoms with Gasteiger partial charge in [-0.3, -0.25) is 0 Å². The van der Waals surface area contributed by atoms with Crippen molar-refractivity contribution in [3.8, 4) is 11.3 Å². The van der Waals surface area contributed by atoms with E-state index in [0.717, 1.165) is 0 Å². The van der Waals surface area contributed by atoms with Crippen molar-refractivity contribution < 1.29 is 4.57 Å². The highest BCUT2D eigenvalue weighted by Gasteiger charge is 2.69. The second kappa shape index (κ2) is 6.63. The molecule has 1 atom stereocenters. The first-order valence-corrected chi connectivity index (χ1v) is 13.7. The maximum Gasteiger partial charge on any atom is 0.298 e. The monoisotopic (exact) mass is 451 g/mol. The average Bonchev–Trinajstić information content (AvgIpc) is 3.41. The van der Waals surface area contributed by atoms with Crippen molar-refractivity contribution >= 4 is 44.9 Å². The number of benzene rings is 5. The number of hydrogen-bond acceptors (Lipinski definition) is 0. The van der Waals surface area contributed by atoms with Gasteiger partial charge in [0.05, 0.1) is 16.5 Å². The molecule has 0 radical (unpaired) electrons. The summed E-state index contributed by atoms with van der Waals surface area (Å²) in [5.41, 5.74) is 5.59. The van der Waals surface area contributed by atoms with Crippen molar-refractivity contribution in [2.24, 2.45) is 0 Å². The molecule has 1 unspecified atom stereocenters. The molecule has 2 heteroatoms. The lowest BCUT2D eigenvalue weighted by Crippen LogP contribution is -2.40. The summed E-state index contributed by atoms with van der Waals surface area (Å²) >= 11 is 0. The Hall–Kier alpha value is -3.80. The summed E-state index contributed by atoms with van der Waals surface area (Å²) < 4.78 is 2.69. The van der Waals surface area contributed by atoms with Gasteiger partial charge in [0, 0.05) is 6.07 Å². The van der Waals surface area contributed by atoms with Gasteiger partial charge in [-0.15, -0.1) is 4.57 Å². The van der Waals surface area contributed by atoms with E-state index in [1.807, 2.05) is 0 Å². The van der Waals surface area contributed by atoms with E-state index in [4.69, 9.17) is 0 Å². The van der Waals surface area contributed by atoms with E-state index in [0.29, 0.717) is 0 Å². The van der Waals surface area contributed by atoms with Crippen LogP contribution >= 0.6 is 7.26 Å². The fourth-order valence-corrected chi connectivity index (χ4v) is 11.6. The Balaban J connectivity index is 1.66. The summed E-state index contributed by atoms with van der Waals surface area (Å²) in [7, 11) is -2.04. The Bertz CT molecular complexity index is 1720. The highest BCUT2D eigenvalue weighted by molar-refractivity contribution is 7.96. The van der Waals surface area contributed by atoms with E-state index >= 15 is 0 Å². The first-order valence-electron chi connectivity index (χ1n) is 11.9. The summed E-state index contributed by atoms with van der Waals surface area (Å²) in [5.74, 6) is 0.277. The summed E-state index contributed by atoms with van der Waals surface area (Å²) in [6, 6.07) is 47.8. The molecule has 0 fully saturated rings. The van der Waals surface area contributed by atoms with Crippen LogP contribution in [0.5, 0.6) is 0 Å². The van der Waals surface area contributed by atoms with Crippen LogP contribution in [-0.2, 0) is 0 Å². The van der Waals surface area contributed by atoms with Crippen LogP contribution in [0.3, 0.4) is 0 Å². The van der Waals surface area contributed by atoms with Gasteiger partial charge in [-0.05, 0) is 59.3 Å². The smallest absolute Gasteiger partial charge is 0.146 e. The minimum atomic E-state index is -2.04. The quantitative estimate of drug-likeness (QED) is 0.170. The average molecular weight is 452 g/mol. The largest absolute Gasteiger partial charge is 0.298 e. The zero-order valence-electron chi connectivity index (χ0n) is 18.6. The lowest BCUT2D eigenvalue weighted by atomic mass is 10.0. The van der Waals surface area contributed by atoms with Crippen LogP contribution < -0.4 is 20.5 Å². The summed E-state index contributed by atoms with van der Waals surface area (Å²) in [5, 5.41) is 8.45. The predicted molar refractivity (Wildman–Crippen MR) is 144 cm³/mol. The highest BCUT2D eigenvalue weighted by Crippen LogP contribution is 2.71. The van der Waals surface area contributed by atoms with Crippen LogP contribution in [0.1, 0.15) is 11.3 Å². The van der Waals surface area contributed by atoms with Crippen LogP contribution in [0.2, 0.25) is 0 Å². The molecule has 1 nitrogen and oxygen atoms in total. The fraction of sp³-hybridized carbons (Fsp3) is 0.0312. The van der Waals surface area contributed by atoms with Gasteiger partial charge in [0.2, 0.25) is 5.69 Å². The highest BCUT2D eigenvalue weighted by atomic mass is 31.2. The van der Waals surface area contributed by atoms with Crippen molar-refractivity contribution in [2.45, 2.75) is 5.78 Å². The molecule has 0 aliphatic carbocycles. The third kappa shape index (κ3) is 2.12. The molecule has 1 aromatic heterocycles. The van der Waals surface area contributed by atoms with E-state index in [-0.39, 0.29) is 5.78 Å². The van der Waals surface area contributed by atoms with Gasteiger partial charge in [-0.1, -0.05) is 72.8 Å². The van der Waals surface area contributed by atoms with Gasteiger partial charge in [0.25, 0.3) is 11.3 Å². The Morgan fingerprint density at radius 3 is 1.97 bits per heavy atom. The molecule has 5 aromatic carbocycles. The number of fused-ring (bicyclic) bond motifs is 5. The van der Waals surface area contributed by atoms with Gasteiger partial charge >= 0.3 is 0 Å². The first-order chi connectivity index (χ1) is 16.9. The zero-order valence-corrected chi connectivity index (χ0v) is 19.5. The maximum atomic E-state index is 2.69. The molecule has 0 amide bonds. The normalized spacial score (nSPS) is 16.8. The van der Waals surface area contributed by atoms with Crippen LogP contribution in [0, 0.1) is 0 Å². The molecule has 0 saturated carbocycles. The van der Waals surface area contributed by atoms with E-state index in [9.17, 15) is 0 Å². The number of hydrogen-bond donors (Lipinski definition) is 0. The summed E-state index contributed by atoms with van der Waals surface area (Å²) in [6.45, 7) is 0. The van der Waals surface area contributed by atoms with Gasteiger partial charge in [-0.25, -0.2) is 0 Å². The van der Waals surface area contributed by atoms with Crippen molar-refractivity contribution in [1.82, 2.24) is 0 Å². The lowest BCUT2D eigenvalue weighted by Gasteiger charge is -2.24. The molecule has 0 saturated heterocycles. The minimum Gasteiger partial charge on any atom is -0.146 e. The van der Waals surface area contributed by atoms with E-state index in [1.54, 1.807) is 0 Å². The lowest BCUT2D eigenvalue weighted by molar-refractivity contribution is -0.647. The van der Waals surface area contributed by atoms with Crippen LogP contribution in [0.25, 0.3) is 32.9 Å². The first kappa shape index (κ1) is 18.6. The fourth-order valence-electron chi connectivity index (χ4n) is 6.52. The molecular weight excluding hydrogens is 429 g/mol. The Kier molecular flexibility index (Phi) is 3.63. The van der Waals surface area contributed by atoms with E-state index in [1.165, 1.54) is 54.4 Å². The second-order valence-corrected chi connectivity index (χ2v) is 12.8. The maximum absolute atomic E-state index is 2.69. The topological polar surface area (TPSA) is 3.88 Å². The predicted octanol–water partition coefficient (Wildman–Crippen LogP) is 6.12.